The molecule has 0 aromatic heterocycles. The van der Waals surface area contributed by atoms with Crippen LogP contribution < -0.4 is 0 Å². The molecule has 0 atom stereocenters. The van der Waals surface area contributed by atoms with Crippen molar-refractivity contribution in [1.29, 1.82) is 0 Å². The number of Topliss-reactive ketones (excluding diaryl/α,β-unsaturated/α-hetero) is 4. The van der Waals surface area contributed by atoms with E-state index in [-0.39, 0.29) is 39.6 Å². The van der Waals surface area contributed by atoms with Gasteiger partial charge in [0.2, 0.25) is 0 Å². The van der Waals surface area contributed by atoms with Crippen LogP contribution in [0, 0.1) is 0 Å². The van der Waals surface area contributed by atoms with Crippen molar-refractivity contribution in [3.05, 3.63) is 58.7 Å². The maximum absolute atomic E-state index is 12.2. The Labute approximate surface area is 255 Å². The third kappa shape index (κ3) is 13.4. The molecule has 0 aliphatic carbocycles. The van der Waals surface area contributed by atoms with Crippen LogP contribution in [-0.2, 0) is 61.4 Å². The number of unbranched alkanes of at least 4 members (excludes halogenated alkanes) is 1. The maximum Gasteiger partial charge on any atom is 0.136 e. The molecule has 0 saturated carbocycles. The molecule has 0 aliphatic heterocycles. The van der Waals surface area contributed by atoms with Crippen LogP contribution in [0.4, 0.5) is 11.4 Å². The molecule has 0 heterocycles. The average molecular weight is 603 g/mol. The summed E-state index contributed by atoms with van der Waals surface area (Å²) in [7, 11) is 0. The third-order valence-corrected chi connectivity index (χ3v) is 6.68. The number of ketones is 4. The van der Waals surface area contributed by atoms with Gasteiger partial charge in [0.05, 0.1) is 17.1 Å². The summed E-state index contributed by atoms with van der Waals surface area (Å²) in [5, 5.41) is 0. The van der Waals surface area contributed by atoms with Gasteiger partial charge in [0.25, 0.3) is 0 Å². The summed E-state index contributed by atoms with van der Waals surface area (Å²) in [5.41, 5.74) is 5.59. The van der Waals surface area contributed by atoms with Gasteiger partial charge in [-0.2, -0.15) is 0 Å². The Bertz CT molecular complexity index is 1190. The summed E-state index contributed by atoms with van der Waals surface area (Å²) in [6.07, 6.45) is 7.48. The van der Waals surface area contributed by atoms with Gasteiger partial charge in [-0.1, -0.05) is 53.2 Å². The number of hydrogen-bond acceptors (Lipinski definition) is 6. The van der Waals surface area contributed by atoms with E-state index in [1.54, 1.807) is 6.21 Å². The second-order valence-electron chi connectivity index (χ2n) is 10.3. The number of hydrogen-bond donors (Lipinski definition) is 0. The molecular formula is C34H44N2NiO4. The average Bonchev–Trinajstić information content (AvgIpc) is 2.93. The molecule has 0 aliphatic rings. The predicted molar refractivity (Wildman–Crippen MR) is 164 cm³/mol. The minimum atomic E-state index is 0. The van der Waals surface area contributed by atoms with Crippen LogP contribution in [0.25, 0.3) is 0 Å². The Kier molecular flexibility index (Phi) is 16.8. The van der Waals surface area contributed by atoms with E-state index in [4.69, 9.17) is 9.98 Å². The number of rotatable bonds is 18. The molecule has 41 heavy (non-hydrogen) atoms. The van der Waals surface area contributed by atoms with Crippen molar-refractivity contribution in [1.82, 2.24) is 0 Å². The van der Waals surface area contributed by atoms with E-state index < -0.39 is 0 Å². The fourth-order valence-electron chi connectivity index (χ4n) is 4.27. The van der Waals surface area contributed by atoms with E-state index in [2.05, 4.69) is 6.92 Å². The molecule has 0 saturated heterocycles. The molecule has 6 nitrogen and oxygen atoms in total. The molecule has 7 heteroatoms. The van der Waals surface area contributed by atoms with Crippen LogP contribution in [0.3, 0.4) is 0 Å². The molecule has 2 rings (SSSR count). The standard InChI is InChI=1S/C34H44N2O4.Ni/c1-6-11-12-28(36-30-17-26(21-33(39)9-4)14-27(18-30)22-34(40)10-5)23-35-29-15-24(19-31(37)7-2)13-25(16-29)20-32(38)8-3;/h13-18,23H,6-12,19-22H2,1-5H3;. The van der Waals surface area contributed by atoms with Crippen molar-refractivity contribution in [3.63, 3.8) is 0 Å². The van der Waals surface area contributed by atoms with Crippen LogP contribution in [0.15, 0.2) is 46.4 Å². The van der Waals surface area contributed by atoms with Crippen LogP contribution in [0.5, 0.6) is 0 Å². The minimum absolute atomic E-state index is 0. The molecule has 0 amide bonds. The van der Waals surface area contributed by atoms with E-state index in [9.17, 15) is 19.2 Å². The first-order chi connectivity index (χ1) is 19.2. The van der Waals surface area contributed by atoms with Crippen molar-refractivity contribution in [3.8, 4) is 0 Å². The number of nitrogens with zero attached hydrogens (tertiary/aromatic N) is 2. The summed E-state index contributed by atoms with van der Waals surface area (Å²) < 4.78 is 0. The summed E-state index contributed by atoms with van der Waals surface area (Å²) in [5.74, 6) is 0.553. The van der Waals surface area contributed by atoms with Crippen molar-refractivity contribution >= 4 is 46.4 Å². The summed E-state index contributed by atoms with van der Waals surface area (Å²) >= 11 is 0. The molecule has 0 radical (unpaired) electrons. The SMILES string of the molecule is CCCCC(C=Nc1cc(CC(=O)CC)cc(CC(=O)CC)c1)=Nc1cc(CC(=O)CC)cc(CC(=O)CC)c1.[Ni]. The fraction of sp³-hybridized carbons (Fsp3) is 0.471. The van der Waals surface area contributed by atoms with Gasteiger partial charge >= 0.3 is 0 Å². The molecule has 2 aromatic rings. The predicted octanol–water partition coefficient (Wildman–Crippen LogP) is 7.44. The topological polar surface area (TPSA) is 93.0 Å². The number of aliphatic imine (C=N–C) groups is 2. The van der Waals surface area contributed by atoms with Crippen LogP contribution in [0.2, 0.25) is 0 Å². The van der Waals surface area contributed by atoms with Crippen LogP contribution in [-0.4, -0.2) is 35.1 Å². The minimum Gasteiger partial charge on any atom is -0.299 e. The zero-order valence-corrected chi connectivity index (χ0v) is 26.2. The Morgan fingerprint density at radius 3 is 1.29 bits per heavy atom. The van der Waals surface area contributed by atoms with Gasteiger partial charge < -0.3 is 0 Å². The van der Waals surface area contributed by atoms with E-state index in [1.165, 1.54) is 0 Å². The molecular weight excluding hydrogens is 559 g/mol. The van der Waals surface area contributed by atoms with E-state index >= 15 is 0 Å². The Balaban J connectivity index is 0.00000840. The Morgan fingerprint density at radius 2 is 0.951 bits per heavy atom. The molecule has 0 fully saturated rings. The molecule has 0 spiro atoms. The fourth-order valence-corrected chi connectivity index (χ4v) is 4.27. The smallest absolute Gasteiger partial charge is 0.136 e. The van der Waals surface area contributed by atoms with Crippen molar-refractivity contribution < 1.29 is 35.7 Å². The number of benzene rings is 2. The van der Waals surface area contributed by atoms with Gasteiger partial charge in [-0.05, 0) is 59.4 Å². The largest absolute Gasteiger partial charge is 0.299 e. The zero-order chi connectivity index (χ0) is 29.5. The number of carbonyl (C=O) groups is 4. The molecule has 0 unspecified atom stereocenters. The molecule has 2 aromatic carbocycles. The number of carbonyl (C=O) groups excluding carboxylic acids is 4. The van der Waals surface area contributed by atoms with Crippen LogP contribution >= 0.6 is 0 Å². The zero-order valence-electron chi connectivity index (χ0n) is 25.2. The van der Waals surface area contributed by atoms with Gasteiger partial charge in [0.1, 0.15) is 23.1 Å². The normalized spacial score (nSPS) is 11.4. The summed E-state index contributed by atoms with van der Waals surface area (Å²) in [6, 6.07) is 11.5. The van der Waals surface area contributed by atoms with Gasteiger partial charge in [-0.15, -0.1) is 0 Å². The van der Waals surface area contributed by atoms with Crippen molar-refractivity contribution in [2.75, 3.05) is 0 Å². The molecule has 224 valence electrons. The van der Waals surface area contributed by atoms with Crippen molar-refractivity contribution in [2.45, 2.75) is 105 Å². The Hall–Kier alpha value is -3.05. The third-order valence-electron chi connectivity index (χ3n) is 6.68. The van der Waals surface area contributed by atoms with Gasteiger partial charge in [0.15, 0.2) is 0 Å². The van der Waals surface area contributed by atoms with Gasteiger partial charge in [-0.3, -0.25) is 29.2 Å². The summed E-state index contributed by atoms with van der Waals surface area (Å²) in [6.45, 7) is 9.51. The maximum atomic E-state index is 12.2. The van der Waals surface area contributed by atoms with Gasteiger partial charge in [-0.25, -0.2) is 0 Å². The van der Waals surface area contributed by atoms with E-state index in [1.807, 2.05) is 64.1 Å². The van der Waals surface area contributed by atoms with Crippen molar-refractivity contribution in [2.24, 2.45) is 9.98 Å². The van der Waals surface area contributed by atoms with E-state index in [0.29, 0.717) is 62.7 Å². The van der Waals surface area contributed by atoms with Crippen LogP contribution in [0.1, 0.15) is 102 Å². The molecule has 0 bridgehead atoms. The van der Waals surface area contributed by atoms with Gasteiger partial charge in [0, 0.05) is 74.1 Å². The first-order valence-electron chi connectivity index (χ1n) is 14.6. The quantitative estimate of drug-likeness (QED) is 0.131. The monoisotopic (exact) mass is 602 g/mol. The first-order valence-corrected chi connectivity index (χ1v) is 14.6. The second-order valence-corrected chi connectivity index (χ2v) is 10.3. The summed E-state index contributed by atoms with van der Waals surface area (Å²) in [4.78, 5) is 58.2. The second kappa shape index (κ2) is 19.1. The molecule has 0 N–H and O–H groups in total. The Morgan fingerprint density at radius 1 is 0.585 bits per heavy atom. The first kappa shape index (κ1) is 36.0. The van der Waals surface area contributed by atoms with E-state index in [0.717, 1.165) is 47.2 Å².